The van der Waals surface area contributed by atoms with Gasteiger partial charge in [0.2, 0.25) is 5.91 Å². The molecule has 1 aliphatic carbocycles. The van der Waals surface area contributed by atoms with Gasteiger partial charge in [0.15, 0.2) is 5.96 Å². The second kappa shape index (κ2) is 9.40. The van der Waals surface area contributed by atoms with Crippen molar-refractivity contribution in [2.24, 2.45) is 16.8 Å². The summed E-state index contributed by atoms with van der Waals surface area (Å²) in [6.07, 6.45) is 6.69. The first kappa shape index (κ1) is 19.2. The van der Waals surface area contributed by atoms with Crippen LogP contribution in [0.4, 0.5) is 0 Å². The maximum atomic E-state index is 12.6. The van der Waals surface area contributed by atoms with Crippen LogP contribution in [0.3, 0.4) is 0 Å². The molecule has 2 aliphatic rings. The Morgan fingerprint density at radius 1 is 1.38 bits per heavy atom. The molecule has 1 amide bonds. The molecule has 3 rings (SSSR count). The first-order valence-corrected chi connectivity index (χ1v) is 10.8. The normalized spacial score (nSPS) is 22.6. The lowest BCUT2D eigenvalue weighted by Crippen LogP contribution is -2.46. The molecule has 2 fully saturated rings. The topological polar surface area (TPSA) is 56.7 Å². The number of likely N-dealkylation sites (tertiary alicyclic amines) is 1. The molecule has 0 bridgehead atoms. The van der Waals surface area contributed by atoms with Gasteiger partial charge in [-0.2, -0.15) is 0 Å². The Labute approximate surface area is 161 Å². The van der Waals surface area contributed by atoms with Gasteiger partial charge < -0.3 is 15.5 Å². The summed E-state index contributed by atoms with van der Waals surface area (Å²) in [5.74, 6) is 2.06. The Balaban J connectivity index is 1.40. The number of guanidine groups is 1. The molecule has 1 aromatic rings. The van der Waals surface area contributed by atoms with E-state index < -0.39 is 0 Å². The second-order valence-corrected chi connectivity index (χ2v) is 8.77. The Morgan fingerprint density at radius 2 is 2.19 bits per heavy atom. The standard InChI is InChI=1S/C20H32N4OS/c1-15(12-18-8-5-11-26-18)13-22-20(21-2)23-17-9-10-24(14-17)19(25)16-6-3-4-7-16/h5,8,11,15-17H,3-4,6-7,9-10,12-14H2,1-2H3,(H2,21,22,23). The summed E-state index contributed by atoms with van der Waals surface area (Å²) >= 11 is 1.82. The van der Waals surface area contributed by atoms with Crippen LogP contribution in [0.2, 0.25) is 0 Å². The van der Waals surface area contributed by atoms with Gasteiger partial charge in [-0.05, 0) is 43.0 Å². The van der Waals surface area contributed by atoms with E-state index in [-0.39, 0.29) is 5.92 Å². The van der Waals surface area contributed by atoms with E-state index in [0.29, 0.717) is 17.9 Å². The van der Waals surface area contributed by atoms with Crippen LogP contribution >= 0.6 is 11.3 Å². The van der Waals surface area contributed by atoms with Crippen LogP contribution in [-0.4, -0.2) is 49.5 Å². The van der Waals surface area contributed by atoms with Crippen molar-refractivity contribution in [2.45, 2.75) is 51.5 Å². The Kier molecular flexibility index (Phi) is 6.94. The van der Waals surface area contributed by atoms with Crippen LogP contribution in [-0.2, 0) is 11.2 Å². The molecule has 26 heavy (non-hydrogen) atoms. The van der Waals surface area contributed by atoms with Crippen LogP contribution < -0.4 is 10.6 Å². The Hall–Kier alpha value is -1.56. The van der Waals surface area contributed by atoms with Crippen molar-refractivity contribution >= 4 is 23.2 Å². The van der Waals surface area contributed by atoms with Gasteiger partial charge in [0, 0.05) is 43.5 Å². The summed E-state index contributed by atoms with van der Waals surface area (Å²) in [6.45, 7) is 4.84. The zero-order valence-electron chi connectivity index (χ0n) is 16.0. The van der Waals surface area contributed by atoms with Gasteiger partial charge in [0.05, 0.1) is 0 Å². The quantitative estimate of drug-likeness (QED) is 0.593. The average Bonchev–Trinajstić information content (AvgIpc) is 3.40. The van der Waals surface area contributed by atoms with E-state index in [1.165, 1.54) is 17.7 Å². The molecule has 2 atom stereocenters. The third kappa shape index (κ3) is 5.22. The first-order valence-electron chi connectivity index (χ1n) is 9.94. The first-order chi connectivity index (χ1) is 12.7. The average molecular weight is 377 g/mol. The van der Waals surface area contributed by atoms with Crippen molar-refractivity contribution in [1.82, 2.24) is 15.5 Å². The molecule has 2 N–H and O–H groups in total. The molecule has 1 saturated heterocycles. The minimum absolute atomic E-state index is 0.282. The zero-order valence-corrected chi connectivity index (χ0v) is 16.9. The number of amides is 1. The summed E-state index contributed by atoms with van der Waals surface area (Å²) in [6, 6.07) is 4.61. The van der Waals surface area contributed by atoms with E-state index in [4.69, 9.17) is 0 Å². The number of hydrogen-bond acceptors (Lipinski definition) is 3. The number of thiophene rings is 1. The van der Waals surface area contributed by atoms with Gasteiger partial charge in [-0.3, -0.25) is 9.79 Å². The van der Waals surface area contributed by atoms with Crippen LogP contribution in [0, 0.1) is 11.8 Å². The molecule has 0 aromatic carbocycles. The molecule has 2 heterocycles. The SMILES string of the molecule is CN=C(NCC(C)Cc1cccs1)NC1CCN(C(=O)C2CCCC2)C1. The fourth-order valence-corrected chi connectivity index (χ4v) is 4.88. The Morgan fingerprint density at radius 3 is 2.88 bits per heavy atom. The number of aliphatic imine (C=N–C) groups is 1. The van der Waals surface area contributed by atoms with Crippen LogP contribution in [0.5, 0.6) is 0 Å². The van der Waals surface area contributed by atoms with Crippen molar-refractivity contribution < 1.29 is 4.79 Å². The van der Waals surface area contributed by atoms with Crippen LogP contribution in [0.15, 0.2) is 22.5 Å². The van der Waals surface area contributed by atoms with Gasteiger partial charge in [0.25, 0.3) is 0 Å². The van der Waals surface area contributed by atoms with Crippen LogP contribution in [0.25, 0.3) is 0 Å². The third-order valence-corrected chi connectivity index (χ3v) is 6.42. The van der Waals surface area contributed by atoms with Crippen molar-refractivity contribution in [3.63, 3.8) is 0 Å². The molecule has 6 heteroatoms. The highest BCUT2D eigenvalue weighted by molar-refractivity contribution is 7.09. The van der Waals surface area contributed by atoms with Crippen LogP contribution in [0.1, 0.15) is 43.9 Å². The summed E-state index contributed by atoms with van der Waals surface area (Å²) in [7, 11) is 1.82. The molecule has 1 aromatic heterocycles. The van der Waals surface area contributed by atoms with Crippen molar-refractivity contribution in [1.29, 1.82) is 0 Å². The van der Waals surface area contributed by atoms with Gasteiger partial charge >= 0.3 is 0 Å². The second-order valence-electron chi connectivity index (χ2n) is 7.74. The van der Waals surface area contributed by atoms with E-state index in [1.807, 2.05) is 18.4 Å². The molecule has 1 aliphatic heterocycles. The van der Waals surface area contributed by atoms with Crippen molar-refractivity contribution in [3.8, 4) is 0 Å². The molecular weight excluding hydrogens is 344 g/mol. The predicted octanol–water partition coefficient (Wildman–Crippen LogP) is 2.88. The van der Waals surface area contributed by atoms with E-state index in [2.05, 4.69) is 45.0 Å². The maximum absolute atomic E-state index is 12.6. The highest BCUT2D eigenvalue weighted by Gasteiger charge is 2.32. The number of nitrogens with one attached hydrogen (secondary N) is 2. The number of carbonyl (C=O) groups is 1. The molecule has 144 valence electrons. The molecule has 0 radical (unpaired) electrons. The van der Waals surface area contributed by atoms with Gasteiger partial charge in [-0.25, -0.2) is 0 Å². The number of carbonyl (C=O) groups excluding carboxylic acids is 1. The van der Waals surface area contributed by atoms with E-state index in [1.54, 1.807) is 0 Å². The van der Waals surface area contributed by atoms with Gasteiger partial charge in [-0.1, -0.05) is 25.8 Å². The molecule has 0 spiro atoms. The third-order valence-electron chi connectivity index (χ3n) is 5.52. The number of nitrogens with zero attached hydrogens (tertiary/aromatic N) is 2. The zero-order chi connectivity index (χ0) is 18.4. The fourth-order valence-electron chi connectivity index (χ4n) is 4.01. The number of hydrogen-bond donors (Lipinski definition) is 2. The fraction of sp³-hybridized carbons (Fsp3) is 0.700. The highest BCUT2D eigenvalue weighted by atomic mass is 32.1. The largest absolute Gasteiger partial charge is 0.356 e. The molecule has 1 saturated carbocycles. The lowest BCUT2D eigenvalue weighted by molar-refractivity contribution is -0.134. The minimum atomic E-state index is 0.282. The summed E-state index contributed by atoms with van der Waals surface area (Å²) in [5.41, 5.74) is 0. The monoisotopic (exact) mass is 376 g/mol. The number of rotatable bonds is 6. The summed E-state index contributed by atoms with van der Waals surface area (Å²) in [5, 5.41) is 9.08. The smallest absolute Gasteiger partial charge is 0.225 e. The highest BCUT2D eigenvalue weighted by Crippen LogP contribution is 2.27. The minimum Gasteiger partial charge on any atom is -0.356 e. The van der Waals surface area contributed by atoms with E-state index in [0.717, 1.165) is 51.3 Å². The van der Waals surface area contributed by atoms with Crippen molar-refractivity contribution in [3.05, 3.63) is 22.4 Å². The van der Waals surface area contributed by atoms with Gasteiger partial charge in [-0.15, -0.1) is 11.3 Å². The molecular formula is C20H32N4OS. The molecule has 5 nitrogen and oxygen atoms in total. The van der Waals surface area contributed by atoms with E-state index >= 15 is 0 Å². The maximum Gasteiger partial charge on any atom is 0.225 e. The van der Waals surface area contributed by atoms with Gasteiger partial charge in [0.1, 0.15) is 0 Å². The lowest BCUT2D eigenvalue weighted by Gasteiger charge is -2.22. The summed E-state index contributed by atoms with van der Waals surface area (Å²) in [4.78, 5) is 20.4. The Bertz CT molecular complexity index is 595. The van der Waals surface area contributed by atoms with Crippen molar-refractivity contribution in [2.75, 3.05) is 26.7 Å². The predicted molar refractivity (Wildman–Crippen MR) is 109 cm³/mol. The van der Waals surface area contributed by atoms with E-state index in [9.17, 15) is 4.79 Å². The lowest BCUT2D eigenvalue weighted by atomic mass is 10.1. The molecule has 2 unspecified atom stereocenters. The summed E-state index contributed by atoms with van der Waals surface area (Å²) < 4.78 is 0.